The predicted molar refractivity (Wildman–Crippen MR) is 87.4 cm³/mol. The van der Waals surface area contributed by atoms with Crippen LogP contribution in [0.4, 0.5) is 0 Å². The average molecular weight is 351 g/mol. The van der Waals surface area contributed by atoms with Gasteiger partial charge in [-0.25, -0.2) is 8.42 Å². The van der Waals surface area contributed by atoms with Gasteiger partial charge in [-0.2, -0.15) is 4.31 Å². The molecule has 0 unspecified atom stereocenters. The largest absolute Gasteiger partial charge is 0.308 e. The van der Waals surface area contributed by atoms with Crippen LogP contribution in [0.25, 0.3) is 0 Å². The molecule has 0 heterocycles. The number of nitrogens with zero attached hydrogens (tertiary/aromatic N) is 2. The van der Waals surface area contributed by atoms with Crippen LogP contribution in [0.2, 0.25) is 10.0 Å². The Kier molecular flexibility index (Phi) is 5.54. The standard InChI is InChI=1S/C14H20Cl2N2O2S/c1-17(2)5-6-18(14-3-4-14)21(19,20)10-11-7-12(15)9-13(16)8-11/h7-9,14H,3-6,10H2,1-2H3. The summed E-state index contributed by atoms with van der Waals surface area (Å²) in [4.78, 5) is 1.99. The first-order valence-corrected chi connectivity index (χ1v) is 9.23. The molecule has 7 heteroatoms. The summed E-state index contributed by atoms with van der Waals surface area (Å²) in [6, 6.07) is 5.07. The van der Waals surface area contributed by atoms with Gasteiger partial charge in [0.05, 0.1) is 5.75 Å². The Balaban J connectivity index is 2.14. The monoisotopic (exact) mass is 350 g/mol. The molecule has 2 rings (SSSR count). The minimum atomic E-state index is -3.35. The molecule has 1 saturated carbocycles. The van der Waals surface area contributed by atoms with Crippen LogP contribution in [-0.4, -0.2) is 50.8 Å². The van der Waals surface area contributed by atoms with E-state index in [-0.39, 0.29) is 11.8 Å². The highest BCUT2D eigenvalue weighted by Crippen LogP contribution is 2.31. The predicted octanol–water partition coefficient (Wildman–Crippen LogP) is 2.85. The molecule has 0 saturated heterocycles. The Morgan fingerprint density at radius 2 is 1.67 bits per heavy atom. The van der Waals surface area contributed by atoms with Crippen LogP contribution in [0.15, 0.2) is 18.2 Å². The van der Waals surface area contributed by atoms with Crippen LogP contribution in [-0.2, 0) is 15.8 Å². The van der Waals surface area contributed by atoms with E-state index in [0.29, 0.717) is 28.7 Å². The molecule has 4 nitrogen and oxygen atoms in total. The summed E-state index contributed by atoms with van der Waals surface area (Å²) in [7, 11) is 0.526. The lowest BCUT2D eigenvalue weighted by Crippen LogP contribution is -2.38. The van der Waals surface area contributed by atoms with Crippen LogP contribution < -0.4 is 0 Å². The number of benzene rings is 1. The molecule has 0 aliphatic heterocycles. The molecule has 21 heavy (non-hydrogen) atoms. The number of hydrogen-bond donors (Lipinski definition) is 0. The number of likely N-dealkylation sites (N-methyl/N-ethyl adjacent to an activating group) is 1. The third-order valence-electron chi connectivity index (χ3n) is 3.35. The van der Waals surface area contributed by atoms with E-state index in [1.54, 1.807) is 22.5 Å². The fourth-order valence-electron chi connectivity index (χ4n) is 2.20. The van der Waals surface area contributed by atoms with Crippen molar-refractivity contribution in [2.75, 3.05) is 27.2 Å². The Labute approximate surface area is 136 Å². The van der Waals surface area contributed by atoms with Crippen molar-refractivity contribution in [1.29, 1.82) is 0 Å². The summed E-state index contributed by atoms with van der Waals surface area (Å²) < 4.78 is 26.9. The van der Waals surface area contributed by atoms with Crippen molar-refractivity contribution in [3.05, 3.63) is 33.8 Å². The SMILES string of the molecule is CN(C)CCN(C1CC1)S(=O)(=O)Cc1cc(Cl)cc(Cl)c1. The van der Waals surface area contributed by atoms with Crippen LogP contribution >= 0.6 is 23.2 Å². The summed E-state index contributed by atoms with van der Waals surface area (Å²) in [5.74, 6) is -0.0583. The van der Waals surface area contributed by atoms with Gasteiger partial charge in [-0.05, 0) is 50.7 Å². The zero-order chi connectivity index (χ0) is 15.6. The lowest BCUT2D eigenvalue weighted by molar-refractivity contribution is 0.328. The zero-order valence-electron chi connectivity index (χ0n) is 12.2. The Bertz CT molecular complexity index is 581. The summed E-state index contributed by atoms with van der Waals surface area (Å²) in [5.41, 5.74) is 0.628. The number of rotatable bonds is 7. The highest BCUT2D eigenvalue weighted by Gasteiger charge is 2.36. The van der Waals surface area contributed by atoms with Crippen LogP contribution in [0.1, 0.15) is 18.4 Å². The molecule has 1 fully saturated rings. The average Bonchev–Trinajstić information content (AvgIpc) is 3.10. The number of halogens is 2. The third kappa shape index (κ3) is 5.11. The molecule has 0 bridgehead atoms. The first-order valence-electron chi connectivity index (χ1n) is 6.87. The molecule has 0 amide bonds. The van der Waals surface area contributed by atoms with E-state index < -0.39 is 10.0 Å². The molecule has 0 aromatic heterocycles. The fraction of sp³-hybridized carbons (Fsp3) is 0.571. The van der Waals surface area contributed by atoms with Gasteiger partial charge in [0.25, 0.3) is 0 Å². The second-order valence-corrected chi connectivity index (χ2v) is 8.47. The zero-order valence-corrected chi connectivity index (χ0v) is 14.5. The van der Waals surface area contributed by atoms with E-state index in [0.717, 1.165) is 12.8 Å². The lowest BCUT2D eigenvalue weighted by Gasteiger charge is -2.23. The first kappa shape index (κ1) is 17.0. The van der Waals surface area contributed by atoms with Gasteiger partial charge in [0, 0.05) is 29.2 Å². The van der Waals surface area contributed by atoms with Crippen LogP contribution in [0, 0.1) is 0 Å². The molecule has 0 radical (unpaired) electrons. The van der Waals surface area contributed by atoms with Gasteiger partial charge in [-0.1, -0.05) is 23.2 Å². The number of sulfonamides is 1. The van der Waals surface area contributed by atoms with Gasteiger partial charge in [-0.3, -0.25) is 0 Å². The summed E-state index contributed by atoms with van der Waals surface area (Å²) >= 11 is 11.9. The highest BCUT2D eigenvalue weighted by atomic mass is 35.5. The normalized spacial score (nSPS) is 15.9. The maximum Gasteiger partial charge on any atom is 0.218 e. The highest BCUT2D eigenvalue weighted by molar-refractivity contribution is 7.88. The summed E-state index contributed by atoms with van der Waals surface area (Å²) in [5, 5.41) is 0.915. The Hall–Kier alpha value is -0.330. The van der Waals surface area contributed by atoms with E-state index in [4.69, 9.17) is 23.2 Å². The van der Waals surface area contributed by atoms with Crippen molar-refractivity contribution >= 4 is 33.2 Å². The molecule has 1 aromatic rings. The van der Waals surface area contributed by atoms with Gasteiger partial charge in [-0.15, -0.1) is 0 Å². The second-order valence-electron chi connectivity index (χ2n) is 5.68. The molecule has 1 aromatic carbocycles. The molecule has 0 atom stereocenters. The van der Waals surface area contributed by atoms with E-state index >= 15 is 0 Å². The topological polar surface area (TPSA) is 40.6 Å². The van der Waals surface area contributed by atoms with Crippen molar-refractivity contribution in [2.24, 2.45) is 0 Å². The van der Waals surface area contributed by atoms with E-state index in [1.807, 2.05) is 19.0 Å². The van der Waals surface area contributed by atoms with E-state index in [2.05, 4.69) is 0 Å². The van der Waals surface area contributed by atoms with Gasteiger partial charge in [0.1, 0.15) is 0 Å². The first-order chi connectivity index (χ1) is 9.78. The van der Waals surface area contributed by atoms with Gasteiger partial charge in [0.2, 0.25) is 10.0 Å². The second kappa shape index (κ2) is 6.84. The van der Waals surface area contributed by atoms with Crippen molar-refractivity contribution in [2.45, 2.75) is 24.6 Å². The maximum absolute atomic E-state index is 12.6. The quantitative estimate of drug-likeness (QED) is 0.759. The third-order valence-corrected chi connectivity index (χ3v) is 5.68. The minimum absolute atomic E-state index is 0.0583. The van der Waals surface area contributed by atoms with Crippen LogP contribution in [0.3, 0.4) is 0 Å². The minimum Gasteiger partial charge on any atom is -0.308 e. The Morgan fingerprint density at radius 1 is 1.10 bits per heavy atom. The fourth-order valence-corrected chi connectivity index (χ4v) is 4.55. The van der Waals surface area contributed by atoms with E-state index in [1.165, 1.54) is 0 Å². The maximum atomic E-state index is 12.6. The Morgan fingerprint density at radius 3 is 2.14 bits per heavy atom. The van der Waals surface area contributed by atoms with E-state index in [9.17, 15) is 8.42 Å². The van der Waals surface area contributed by atoms with Gasteiger partial charge in [0.15, 0.2) is 0 Å². The van der Waals surface area contributed by atoms with Crippen LogP contribution in [0.5, 0.6) is 0 Å². The summed E-state index contributed by atoms with van der Waals surface area (Å²) in [6.07, 6.45) is 1.89. The van der Waals surface area contributed by atoms with Crippen molar-refractivity contribution in [3.63, 3.8) is 0 Å². The van der Waals surface area contributed by atoms with Crippen molar-refractivity contribution in [1.82, 2.24) is 9.21 Å². The van der Waals surface area contributed by atoms with Crippen molar-refractivity contribution < 1.29 is 8.42 Å². The lowest BCUT2D eigenvalue weighted by atomic mass is 10.2. The smallest absolute Gasteiger partial charge is 0.218 e. The molecule has 0 N–H and O–H groups in total. The molecule has 118 valence electrons. The number of hydrogen-bond acceptors (Lipinski definition) is 3. The van der Waals surface area contributed by atoms with Crippen molar-refractivity contribution in [3.8, 4) is 0 Å². The molecule has 0 spiro atoms. The molecular formula is C14H20Cl2N2O2S. The summed E-state index contributed by atoms with van der Waals surface area (Å²) in [6.45, 7) is 1.24. The van der Waals surface area contributed by atoms with Gasteiger partial charge >= 0.3 is 0 Å². The van der Waals surface area contributed by atoms with Gasteiger partial charge < -0.3 is 4.90 Å². The molecule has 1 aliphatic rings. The molecule has 1 aliphatic carbocycles. The molecular weight excluding hydrogens is 331 g/mol.